The summed E-state index contributed by atoms with van der Waals surface area (Å²) in [5, 5.41) is 11.9. The van der Waals surface area contributed by atoms with Crippen LogP contribution < -0.4 is 5.32 Å². The van der Waals surface area contributed by atoms with Crippen LogP contribution in [0.2, 0.25) is 0 Å². The number of anilines is 1. The van der Waals surface area contributed by atoms with Gasteiger partial charge in [-0.05, 0) is 47.7 Å². The van der Waals surface area contributed by atoms with Crippen molar-refractivity contribution in [1.82, 2.24) is 0 Å². The molecule has 0 heterocycles. The Hall–Kier alpha value is -0.780. The van der Waals surface area contributed by atoms with Crippen LogP contribution in [0.15, 0.2) is 18.2 Å². The summed E-state index contributed by atoms with van der Waals surface area (Å²) < 4.78 is 1.03. The first-order chi connectivity index (χ1) is 6.15. The minimum absolute atomic E-state index is 0.322. The van der Waals surface area contributed by atoms with Crippen molar-refractivity contribution in [2.45, 2.75) is 6.92 Å². The Bertz CT molecular complexity index is 325. The number of aromatic carboxylic acids is 1. The minimum Gasteiger partial charge on any atom is -0.478 e. The van der Waals surface area contributed by atoms with Gasteiger partial charge in [0.25, 0.3) is 0 Å². The number of nitrogens with one attached hydrogen (secondary N) is 1. The molecule has 0 saturated heterocycles. The van der Waals surface area contributed by atoms with Crippen molar-refractivity contribution >= 4 is 34.2 Å². The van der Waals surface area contributed by atoms with Crippen LogP contribution in [-0.2, 0) is 0 Å². The molecule has 0 aliphatic rings. The van der Waals surface area contributed by atoms with E-state index in [0.29, 0.717) is 11.3 Å². The van der Waals surface area contributed by atoms with E-state index < -0.39 is 5.97 Å². The van der Waals surface area contributed by atoms with E-state index >= 15 is 0 Å². The summed E-state index contributed by atoms with van der Waals surface area (Å²) in [5.74, 6) is -0.896. The molecule has 0 fully saturated rings. The van der Waals surface area contributed by atoms with Gasteiger partial charge in [0.15, 0.2) is 0 Å². The number of carboxylic acid groups (broad SMARTS) is 1. The van der Waals surface area contributed by atoms with Crippen molar-refractivity contribution < 1.29 is 9.90 Å². The lowest BCUT2D eigenvalue weighted by Crippen LogP contribution is -2.05. The molecular formula is C9H10INO2. The largest absolute Gasteiger partial charge is 0.478 e. The molecule has 2 N–H and O–H groups in total. The van der Waals surface area contributed by atoms with Gasteiger partial charge in [-0.1, -0.05) is 0 Å². The third kappa shape index (κ3) is 2.58. The summed E-state index contributed by atoms with van der Waals surface area (Å²) in [5.41, 5.74) is 1.00. The maximum absolute atomic E-state index is 10.8. The topological polar surface area (TPSA) is 49.3 Å². The summed E-state index contributed by atoms with van der Waals surface area (Å²) in [4.78, 5) is 10.8. The lowest BCUT2D eigenvalue weighted by atomic mass is 10.2. The van der Waals surface area contributed by atoms with Gasteiger partial charge in [0.05, 0.1) is 5.56 Å². The van der Waals surface area contributed by atoms with E-state index in [4.69, 9.17) is 5.11 Å². The summed E-state index contributed by atoms with van der Waals surface area (Å²) in [6, 6.07) is 5.22. The molecule has 0 amide bonds. The Labute approximate surface area is 90.3 Å². The molecule has 1 rings (SSSR count). The molecule has 70 valence electrons. The van der Waals surface area contributed by atoms with E-state index in [2.05, 4.69) is 27.9 Å². The maximum Gasteiger partial charge on any atom is 0.337 e. The van der Waals surface area contributed by atoms with E-state index in [-0.39, 0.29) is 0 Å². The van der Waals surface area contributed by atoms with Crippen molar-refractivity contribution in [1.29, 1.82) is 0 Å². The first-order valence-corrected chi connectivity index (χ1v) is 4.99. The average molecular weight is 291 g/mol. The minimum atomic E-state index is -0.896. The number of hydrogen-bond acceptors (Lipinski definition) is 2. The normalized spacial score (nSPS) is 9.69. The van der Waals surface area contributed by atoms with Gasteiger partial charge in [0, 0.05) is 15.8 Å². The molecule has 1 aromatic carbocycles. The Balaban J connectivity index is 3.10. The van der Waals surface area contributed by atoms with E-state index in [1.165, 1.54) is 0 Å². The highest BCUT2D eigenvalue weighted by Crippen LogP contribution is 2.18. The molecule has 3 nitrogen and oxygen atoms in total. The molecule has 1 aromatic rings. The molecule has 13 heavy (non-hydrogen) atoms. The summed E-state index contributed by atoms with van der Waals surface area (Å²) in [6.07, 6.45) is 0. The Kier molecular flexibility index (Phi) is 3.53. The number of benzene rings is 1. The van der Waals surface area contributed by atoms with Crippen LogP contribution in [0.1, 0.15) is 17.3 Å². The predicted molar refractivity (Wildman–Crippen MR) is 60.3 cm³/mol. The zero-order valence-corrected chi connectivity index (χ0v) is 9.33. The van der Waals surface area contributed by atoms with Gasteiger partial charge in [0.2, 0.25) is 0 Å². The van der Waals surface area contributed by atoms with Gasteiger partial charge in [-0.25, -0.2) is 4.79 Å². The molecular weight excluding hydrogens is 281 g/mol. The molecule has 0 spiro atoms. The SMILES string of the molecule is CCNc1cc(I)ccc1C(=O)O. The highest BCUT2D eigenvalue weighted by Gasteiger charge is 2.08. The van der Waals surface area contributed by atoms with Crippen LogP contribution in [0, 0.1) is 3.57 Å². The van der Waals surface area contributed by atoms with Crippen molar-refractivity contribution in [3.63, 3.8) is 0 Å². The smallest absolute Gasteiger partial charge is 0.337 e. The Morgan fingerprint density at radius 3 is 2.85 bits per heavy atom. The monoisotopic (exact) mass is 291 g/mol. The van der Waals surface area contributed by atoms with Crippen molar-refractivity contribution in [2.75, 3.05) is 11.9 Å². The summed E-state index contributed by atoms with van der Waals surface area (Å²) in [7, 11) is 0. The van der Waals surface area contributed by atoms with Crippen molar-refractivity contribution in [2.24, 2.45) is 0 Å². The maximum atomic E-state index is 10.8. The highest BCUT2D eigenvalue weighted by molar-refractivity contribution is 14.1. The number of rotatable bonds is 3. The molecule has 0 bridgehead atoms. The molecule has 0 aliphatic carbocycles. The van der Waals surface area contributed by atoms with E-state index in [1.807, 2.05) is 13.0 Å². The number of carboxylic acids is 1. The fraction of sp³-hybridized carbons (Fsp3) is 0.222. The second kappa shape index (κ2) is 4.45. The van der Waals surface area contributed by atoms with Crippen LogP contribution in [0.4, 0.5) is 5.69 Å². The zero-order chi connectivity index (χ0) is 9.84. The highest BCUT2D eigenvalue weighted by atomic mass is 127. The van der Waals surface area contributed by atoms with E-state index in [0.717, 1.165) is 10.1 Å². The van der Waals surface area contributed by atoms with Crippen LogP contribution in [-0.4, -0.2) is 17.6 Å². The Morgan fingerprint density at radius 1 is 1.62 bits per heavy atom. The van der Waals surface area contributed by atoms with Gasteiger partial charge >= 0.3 is 5.97 Å². The summed E-state index contributed by atoms with van der Waals surface area (Å²) in [6.45, 7) is 2.66. The fourth-order valence-electron chi connectivity index (χ4n) is 1.04. The van der Waals surface area contributed by atoms with E-state index in [9.17, 15) is 4.79 Å². The van der Waals surface area contributed by atoms with E-state index in [1.54, 1.807) is 12.1 Å². The second-order valence-electron chi connectivity index (χ2n) is 2.53. The number of hydrogen-bond donors (Lipinski definition) is 2. The van der Waals surface area contributed by atoms with Crippen molar-refractivity contribution in [3.05, 3.63) is 27.3 Å². The van der Waals surface area contributed by atoms with Gasteiger partial charge in [-0.2, -0.15) is 0 Å². The lowest BCUT2D eigenvalue weighted by molar-refractivity contribution is 0.0698. The molecule has 0 saturated carbocycles. The average Bonchev–Trinajstić information content (AvgIpc) is 2.04. The number of halogens is 1. The zero-order valence-electron chi connectivity index (χ0n) is 7.17. The predicted octanol–water partition coefficient (Wildman–Crippen LogP) is 2.42. The third-order valence-electron chi connectivity index (χ3n) is 1.58. The Morgan fingerprint density at radius 2 is 2.31 bits per heavy atom. The quantitative estimate of drug-likeness (QED) is 0.841. The van der Waals surface area contributed by atoms with Gasteiger partial charge in [-0.15, -0.1) is 0 Å². The number of carbonyl (C=O) groups is 1. The fourth-order valence-corrected chi connectivity index (χ4v) is 1.53. The third-order valence-corrected chi connectivity index (χ3v) is 2.25. The molecule has 4 heteroatoms. The standard InChI is InChI=1S/C9H10INO2/c1-2-11-8-5-6(10)3-4-7(8)9(12)13/h3-5,11H,2H2,1H3,(H,12,13). The first-order valence-electron chi connectivity index (χ1n) is 3.92. The van der Waals surface area contributed by atoms with Gasteiger partial charge in [0.1, 0.15) is 0 Å². The molecule has 0 aliphatic heterocycles. The second-order valence-corrected chi connectivity index (χ2v) is 3.77. The van der Waals surface area contributed by atoms with Crippen LogP contribution in [0.25, 0.3) is 0 Å². The van der Waals surface area contributed by atoms with Crippen molar-refractivity contribution in [3.8, 4) is 0 Å². The first kappa shape index (κ1) is 10.3. The lowest BCUT2D eigenvalue weighted by Gasteiger charge is -2.07. The van der Waals surface area contributed by atoms with Crippen LogP contribution in [0.3, 0.4) is 0 Å². The molecule has 0 aromatic heterocycles. The molecule has 0 atom stereocenters. The summed E-state index contributed by atoms with van der Waals surface area (Å²) >= 11 is 2.15. The van der Waals surface area contributed by atoms with Gasteiger partial charge in [-0.3, -0.25) is 0 Å². The van der Waals surface area contributed by atoms with Crippen LogP contribution in [0.5, 0.6) is 0 Å². The molecule has 0 radical (unpaired) electrons. The molecule has 0 unspecified atom stereocenters. The van der Waals surface area contributed by atoms with Gasteiger partial charge < -0.3 is 10.4 Å². The van der Waals surface area contributed by atoms with Crippen LogP contribution >= 0.6 is 22.6 Å².